The van der Waals surface area contributed by atoms with E-state index in [-0.39, 0.29) is 17.9 Å². The molecule has 1 saturated heterocycles. The number of carbonyl (C=O) groups excluding carboxylic acids is 3. The van der Waals surface area contributed by atoms with Crippen molar-refractivity contribution >= 4 is 23.5 Å². The number of benzene rings is 2. The highest BCUT2D eigenvalue weighted by Crippen LogP contribution is 2.31. The van der Waals surface area contributed by atoms with Crippen molar-refractivity contribution in [3.05, 3.63) is 70.3 Å². The monoisotopic (exact) mass is 398 g/mol. The average Bonchev–Trinajstić information content (AvgIpc) is 2.98. The first kappa shape index (κ1) is 19.8. The number of nitro benzene ring substituents is 1. The Morgan fingerprint density at radius 3 is 2.59 bits per heavy atom. The van der Waals surface area contributed by atoms with Crippen LogP contribution in [0.25, 0.3) is 0 Å². The summed E-state index contributed by atoms with van der Waals surface area (Å²) >= 11 is 0. The summed E-state index contributed by atoms with van der Waals surface area (Å²) in [6, 6.07) is 13.3. The molecule has 0 spiro atoms. The highest BCUT2D eigenvalue weighted by Gasteiger charge is 2.52. The highest BCUT2D eigenvalue weighted by molar-refractivity contribution is 6.08. The summed E-state index contributed by atoms with van der Waals surface area (Å²) in [6.45, 7) is 1.21. The van der Waals surface area contributed by atoms with Crippen LogP contribution in [0.5, 0.6) is 5.75 Å². The molecule has 29 heavy (non-hydrogen) atoms. The standard InChI is InChI=1S/C19H18N4O6/c1-2-19(13-7-4-3-5-8-13)17(25)22(18(26)20-19)21-16(24)12-29-15-10-6-9-14(11-15)23(27)28/h3-11H,2,12H2,1H3,(H,20,26)(H,21,24)/t19-/m1/s1. The summed E-state index contributed by atoms with van der Waals surface area (Å²) in [5, 5.41) is 14.0. The summed E-state index contributed by atoms with van der Waals surface area (Å²) < 4.78 is 5.22. The summed E-state index contributed by atoms with van der Waals surface area (Å²) in [6.07, 6.45) is 0.290. The lowest BCUT2D eigenvalue weighted by Crippen LogP contribution is -2.49. The van der Waals surface area contributed by atoms with Crippen molar-refractivity contribution in [3.63, 3.8) is 0 Å². The minimum absolute atomic E-state index is 0.110. The maximum absolute atomic E-state index is 12.9. The number of rotatable bonds is 7. The highest BCUT2D eigenvalue weighted by atomic mass is 16.6. The van der Waals surface area contributed by atoms with E-state index in [9.17, 15) is 24.5 Å². The first-order valence-electron chi connectivity index (χ1n) is 8.76. The number of nitro groups is 1. The molecule has 10 heteroatoms. The number of carbonyl (C=O) groups is 3. The first-order chi connectivity index (χ1) is 13.9. The fraction of sp³-hybridized carbons (Fsp3) is 0.211. The molecule has 0 unspecified atom stereocenters. The van der Waals surface area contributed by atoms with Crippen LogP contribution < -0.4 is 15.5 Å². The van der Waals surface area contributed by atoms with Crippen molar-refractivity contribution in [3.8, 4) is 5.75 Å². The second kappa shape index (κ2) is 7.97. The molecule has 1 heterocycles. The minimum atomic E-state index is -1.27. The molecule has 1 fully saturated rings. The van der Waals surface area contributed by atoms with Crippen molar-refractivity contribution in [2.45, 2.75) is 18.9 Å². The summed E-state index contributed by atoms with van der Waals surface area (Å²) in [7, 11) is 0. The normalized spacial score (nSPS) is 18.3. The Labute approximate surface area is 165 Å². The largest absolute Gasteiger partial charge is 0.483 e. The molecule has 0 aliphatic carbocycles. The number of amides is 4. The van der Waals surface area contributed by atoms with Gasteiger partial charge in [-0.3, -0.25) is 25.1 Å². The van der Waals surface area contributed by atoms with E-state index < -0.39 is 34.9 Å². The fourth-order valence-electron chi connectivity index (χ4n) is 3.03. The Morgan fingerprint density at radius 2 is 1.93 bits per heavy atom. The minimum Gasteiger partial charge on any atom is -0.483 e. The van der Waals surface area contributed by atoms with E-state index in [1.807, 2.05) is 0 Å². The van der Waals surface area contributed by atoms with Crippen LogP contribution in [0.2, 0.25) is 0 Å². The number of non-ortho nitro benzene ring substituents is 1. The molecule has 150 valence electrons. The number of hydrogen-bond acceptors (Lipinski definition) is 6. The summed E-state index contributed by atoms with van der Waals surface area (Å²) in [5.74, 6) is -1.27. The Kier molecular flexibility index (Phi) is 5.44. The predicted molar refractivity (Wildman–Crippen MR) is 101 cm³/mol. The second-order valence-corrected chi connectivity index (χ2v) is 6.27. The molecule has 1 atom stereocenters. The number of nitrogens with one attached hydrogen (secondary N) is 2. The lowest BCUT2D eigenvalue weighted by Gasteiger charge is -2.25. The lowest BCUT2D eigenvalue weighted by molar-refractivity contribution is -0.384. The van der Waals surface area contributed by atoms with Crippen LogP contribution in [-0.2, 0) is 15.1 Å². The molecule has 0 saturated carbocycles. The van der Waals surface area contributed by atoms with E-state index >= 15 is 0 Å². The van der Waals surface area contributed by atoms with E-state index in [4.69, 9.17) is 4.74 Å². The molecule has 0 bridgehead atoms. The number of urea groups is 1. The molecule has 1 aliphatic heterocycles. The Bertz CT molecular complexity index is 964. The maximum atomic E-state index is 12.9. The van der Waals surface area contributed by atoms with E-state index in [2.05, 4.69) is 10.7 Å². The molecule has 0 radical (unpaired) electrons. The van der Waals surface area contributed by atoms with Crippen LogP contribution in [0.15, 0.2) is 54.6 Å². The van der Waals surface area contributed by atoms with Gasteiger partial charge >= 0.3 is 6.03 Å². The van der Waals surface area contributed by atoms with E-state index in [1.165, 1.54) is 24.3 Å². The van der Waals surface area contributed by atoms with Gasteiger partial charge in [-0.15, -0.1) is 0 Å². The third-order valence-electron chi connectivity index (χ3n) is 4.52. The third kappa shape index (κ3) is 3.86. The van der Waals surface area contributed by atoms with Gasteiger partial charge in [-0.2, -0.15) is 5.01 Å². The van der Waals surface area contributed by atoms with Gasteiger partial charge in [0.1, 0.15) is 11.3 Å². The molecule has 4 amide bonds. The molecular formula is C19H18N4O6. The van der Waals surface area contributed by atoms with Gasteiger partial charge in [-0.25, -0.2) is 4.79 Å². The number of hydrazine groups is 1. The van der Waals surface area contributed by atoms with Crippen LogP contribution in [0, 0.1) is 10.1 Å². The average molecular weight is 398 g/mol. The number of imide groups is 1. The Hall–Kier alpha value is -3.95. The molecule has 10 nitrogen and oxygen atoms in total. The van der Waals surface area contributed by atoms with Crippen molar-refractivity contribution in [1.82, 2.24) is 15.8 Å². The zero-order valence-corrected chi connectivity index (χ0v) is 15.5. The van der Waals surface area contributed by atoms with Gasteiger partial charge in [0.25, 0.3) is 17.5 Å². The van der Waals surface area contributed by atoms with Crippen LogP contribution in [0.3, 0.4) is 0 Å². The smallest absolute Gasteiger partial charge is 0.344 e. The molecule has 3 rings (SSSR count). The predicted octanol–water partition coefficient (Wildman–Crippen LogP) is 1.86. The van der Waals surface area contributed by atoms with Gasteiger partial charge in [-0.1, -0.05) is 43.3 Å². The zero-order chi connectivity index (χ0) is 21.0. The van der Waals surface area contributed by atoms with Gasteiger partial charge in [0.05, 0.1) is 11.0 Å². The van der Waals surface area contributed by atoms with E-state index in [0.717, 1.165) is 0 Å². The molecular weight excluding hydrogens is 380 g/mol. The number of nitrogens with zero attached hydrogens (tertiary/aromatic N) is 2. The van der Waals surface area contributed by atoms with Gasteiger partial charge in [0.2, 0.25) is 0 Å². The van der Waals surface area contributed by atoms with Crippen molar-refractivity contribution in [2.75, 3.05) is 6.61 Å². The van der Waals surface area contributed by atoms with Gasteiger partial charge in [0.15, 0.2) is 6.61 Å². The topological polar surface area (TPSA) is 131 Å². The van der Waals surface area contributed by atoms with Gasteiger partial charge in [-0.05, 0) is 18.1 Å². The van der Waals surface area contributed by atoms with Crippen molar-refractivity contribution in [1.29, 1.82) is 0 Å². The quantitative estimate of drug-likeness (QED) is 0.416. The first-order valence-corrected chi connectivity index (χ1v) is 8.76. The van der Waals surface area contributed by atoms with Gasteiger partial charge in [0, 0.05) is 6.07 Å². The zero-order valence-electron chi connectivity index (χ0n) is 15.5. The SMILES string of the molecule is CC[C@]1(c2ccccc2)NC(=O)N(NC(=O)COc2cccc([N+](=O)[O-])c2)C1=O. The van der Waals surface area contributed by atoms with Gasteiger partial charge < -0.3 is 10.1 Å². The Balaban J connectivity index is 1.68. The van der Waals surface area contributed by atoms with Crippen molar-refractivity contribution < 1.29 is 24.0 Å². The van der Waals surface area contributed by atoms with E-state index in [1.54, 1.807) is 37.3 Å². The van der Waals surface area contributed by atoms with Crippen molar-refractivity contribution in [2.24, 2.45) is 0 Å². The molecule has 0 aromatic heterocycles. The fourth-order valence-corrected chi connectivity index (χ4v) is 3.03. The Morgan fingerprint density at radius 1 is 1.21 bits per heavy atom. The molecule has 2 aromatic rings. The summed E-state index contributed by atoms with van der Waals surface area (Å²) in [4.78, 5) is 47.6. The number of hydrogen-bond donors (Lipinski definition) is 2. The molecule has 2 aromatic carbocycles. The summed E-state index contributed by atoms with van der Waals surface area (Å²) in [5.41, 5.74) is 1.36. The van der Waals surface area contributed by atoms with Crippen LogP contribution >= 0.6 is 0 Å². The van der Waals surface area contributed by atoms with Crippen LogP contribution in [0.4, 0.5) is 10.5 Å². The molecule has 2 N–H and O–H groups in total. The maximum Gasteiger partial charge on any atom is 0.344 e. The molecule has 1 aliphatic rings. The second-order valence-electron chi connectivity index (χ2n) is 6.27. The number of ether oxygens (including phenoxy) is 1. The third-order valence-corrected chi connectivity index (χ3v) is 4.52. The lowest BCUT2D eigenvalue weighted by atomic mass is 9.87. The van der Waals surface area contributed by atoms with E-state index in [0.29, 0.717) is 10.6 Å². The van der Waals surface area contributed by atoms with Crippen LogP contribution in [-0.4, -0.2) is 34.4 Å². The van der Waals surface area contributed by atoms with Crippen LogP contribution in [0.1, 0.15) is 18.9 Å².